The second-order valence-electron chi connectivity index (χ2n) is 11.1. The smallest absolute Gasteiger partial charge is 0.264 e. The molecule has 218 valence electrons. The molecule has 0 unspecified atom stereocenters. The molecule has 1 aliphatic carbocycles. The van der Waals surface area contributed by atoms with Crippen molar-refractivity contribution in [1.29, 1.82) is 0 Å². The van der Waals surface area contributed by atoms with Gasteiger partial charge in [-0.3, -0.25) is 13.9 Å². The van der Waals surface area contributed by atoms with Crippen LogP contribution >= 0.6 is 0 Å². The summed E-state index contributed by atoms with van der Waals surface area (Å²) in [5.41, 5.74) is 3.85. The lowest BCUT2D eigenvalue weighted by Crippen LogP contribution is -2.53. The van der Waals surface area contributed by atoms with E-state index in [1.165, 1.54) is 15.6 Å². The molecule has 0 saturated heterocycles. The quantitative estimate of drug-likeness (QED) is 0.337. The highest BCUT2D eigenvalue weighted by molar-refractivity contribution is 7.92. The van der Waals surface area contributed by atoms with Gasteiger partial charge in [-0.2, -0.15) is 0 Å². The topological polar surface area (TPSA) is 86.8 Å². The summed E-state index contributed by atoms with van der Waals surface area (Å²) in [6.45, 7) is 7.08. The van der Waals surface area contributed by atoms with Gasteiger partial charge in [-0.15, -0.1) is 0 Å². The van der Waals surface area contributed by atoms with Crippen LogP contribution in [0.15, 0.2) is 77.7 Å². The third kappa shape index (κ3) is 7.55. The highest BCUT2D eigenvalue weighted by atomic mass is 32.2. The molecular formula is C33H41N3O4S. The Morgan fingerprint density at radius 1 is 0.878 bits per heavy atom. The molecule has 0 heterocycles. The number of nitrogens with zero attached hydrogens (tertiary/aromatic N) is 2. The zero-order chi connectivity index (χ0) is 29.6. The molecule has 3 aromatic carbocycles. The largest absolute Gasteiger partial charge is 0.352 e. The van der Waals surface area contributed by atoms with Crippen molar-refractivity contribution in [2.45, 2.75) is 83.3 Å². The molecule has 1 fully saturated rings. The van der Waals surface area contributed by atoms with E-state index >= 15 is 0 Å². The van der Waals surface area contributed by atoms with Gasteiger partial charge < -0.3 is 10.2 Å². The first-order valence-corrected chi connectivity index (χ1v) is 15.8. The summed E-state index contributed by atoms with van der Waals surface area (Å²) in [5, 5.41) is 3.14. The molecule has 1 atom stereocenters. The van der Waals surface area contributed by atoms with Crippen molar-refractivity contribution in [2.24, 2.45) is 0 Å². The van der Waals surface area contributed by atoms with Crippen molar-refractivity contribution in [3.8, 4) is 0 Å². The molecule has 41 heavy (non-hydrogen) atoms. The summed E-state index contributed by atoms with van der Waals surface area (Å²) in [5.74, 6) is -0.669. The highest BCUT2D eigenvalue weighted by Crippen LogP contribution is 2.29. The monoisotopic (exact) mass is 575 g/mol. The van der Waals surface area contributed by atoms with E-state index in [9.17, 15) is 18.0 Å². The maximum absolute atomic E-state index is 14.1. The molecule has 0 aromatic heterocycles. The van der Waals surface area contributed by atoms with E-state index in [1.807, 2.05) is 63.2 Å². The van der Waals surface area contributed by atoms with Crippen LogP contribution in [0.5, 0.6) is 0 Å². The molecular weight excluding hydrogens is 534 g/mol. The summed E-state index contributed by atoms with van der Waals surface area (Å²) >= 11 is 0. The Labute approximate surface area is 244 Å². The second kappa shape index (κ2) is 13.3. The molecule has 0 radical (unpaired) electrons. The molecule has 1 N–H and O–H groups in total. The number of hydrogen-bond donors (Lipinski definition) is 1. The minimum atomic E-state index is -4.09. The van der Waals surface area contributed by atoms with Gasteiger partial charge in [-0.1, -0.05) is 79.4 Å². The molecule has 2 amide bonds. The summed E-state index contributed by atoms with van der Waals surface area (Å²) in [4.78, 5) is 29.2. The Kier molecular flexibility index (Phi) is 9.86. The van der Waals surface area contributed by atoms with Gasteiger partial charge in [-0.25, -0.2) is 8.42 Å². The van der Waals surface area contributed by atoms with Crippen LogP contribution in [0.1, 0.15) is 61.3 Å². The molecule has 1 aliphatic rings. The number of benzene rings is 3. The van der Waals surface area contributed by atoms with Gasteiger partial charge in [-0.05, 0) is 75.4 Å². The summed E-state index contributed by atoms with van der Waals surface area (Å²) < 4.78 is 29.3. The average Bonchev–Trinajstić information content (AvgIpc) is 2.96. The Morgan fingerprint density at radius 2 is 1.51 bits per heavy atom. The third-order valence-electron chi connectivity index (χ3n) is 7.84. The van der Waals surface area contributed by atoms with Crippen molar-refractivity contribution in [2.75, 3.05) is 10.8 Å². The third-order valence-corrected chi connectivity index (χ3v) is 9.61. The van der Waals surface area contributed by atoms with Crippen molar-refractivity contribution in [3.63, 3.8) is 0 Å². The number of carbonyl (C=O) groups is 2. The van der Waals surface area contributed by atoms with E-state index < -0.39 is 28.5 Å². The lowest BCUT2D eigenvalue weighted by atomic mass is 9.95. The van der Waals surface area contributed by atoms with Gasteiger partial charge in [0.1, 0.15) is 12.6 Å². The summed E-state index contributed by atoms with van der Waals surface area (Å²) in [6, 6.07) is 21.0. The number of nitrogens with one attached hydrogen (secondary N) is 1. The highest BCUT2D eigenvalue weighted by Gasteiger charge is 2.33. The van der Waals surface area contributed by atoms with Gasteiger partial charge >= 0.3 is 0 Å². The zero-order valence-corrected chi connectivity index (χ0v) is 25.3. The first kappa shape index (κ1) is 30.3. The zero-order valence-electron chi connectivity index (χ0n) is 24.5. The Morgan fingerprint density at radius 3 is 2.17 bits per heavy atom. The molecule has 0 aliphatic heterocycles. The standard InChI is InChI=1S/C33H41N3O4S/c1-24-16-19-30(20-17-24)41(39,40)36(31-21-25(2)15-18-26(31)3)23-32(37)35(22-28-11-7-5-8-12-28)27(4)33(38)34-29-13-9-6-10-14-29/h5,7-8,11-12,15-21,27,29H,6,9-10,13-14,22-23H2,1-4H3,(H,34,38)/t27-/m0/s1. The molecule has 1 saturated carbocycles. The fraction of sp³-hybridized carbons (Fsp3) is 0.394. The Hall–Kier alpha value is -3.65. The minimum Gasteiger partial charge on any atom is -0.352 e. The molecule has 0 spiro atoms. The van der Waals surface area contributed by atoms with Crippen molar-refractivity contribution >= 4 is 27.5 Å². The van der Waals surface area contributed by atoms with Gasteiger partial charge in [0, 0.05) is 12.6 Å². The molecule has 4 rings (SSSR count). The van der Waals surface area contributed by atoms with Crippen LogP contribution in [0.2, 0.25) is 0 Å². The number of anilines is 1. The first-order valence-electron chi connectivity index (χ1n) is 14.4. The summed E-state index contributed by atoms with van der Waals surface area (Å²) in [7, 11) is -4.09. The van der Waals surface area contributed by atoms with Gasteiger partial charge in [0.15, 0.2) is 0 Å². The Bertz CT molecular complexity index is 1450. The van der Waals surface area contributed by atoms with Crippen LogP contribution in [0.25, 0.3) is 0 Å². The SMILES string of the molecule is Cc1ccc(S(=O)(=O)N(CC(=O)N(Cc2ccccc2)[C@@H](C)C(=O)NC2CCCCC2)c2cc(C)ccc2C)cc1. The lowest BCUT2D eigenvalue weighted by Gasteiger charge is -2.33. The predicted molar refractivity (Wildman–Crippen MR) is 163 cm³/mol. The molecule has 8 heteroatoms. The number of aryl methyl sites for hydroxylation is 3. The van der Waals surface area contributed by atoms with E-state index in [4.69, 9.17) is 0 Å². The van der Waals surface area contributed by atoms with E-state index in [0.29, 0.717) is 5.69 Å². The van der Waals surface area contributed by atoms with E-state index in [1.54, 1.807) is 37.3 Å². The maximum atomic E-state index is 14.1. The van der Waals surface area contributed by atoms with Crippen LogP contribution in [0.4, 0.5) is 5.69 Å². The molecule has 0 bridgehead atoms. The van der Waals surface area contributed by atoms with Crippen LogP contribution in [-0.4, -0.2) is 43.8 Å². The number of amides is 2. The Balaban J connectivity index is 1.69. The second-order valence-corrected chi connectivity index (χ2v) is 13.0. The van der Waals surface area contributed by atoms with Gasteiger partial charge in [0.05, 0.1) is 10.6 Å². The average molecular weight is 576 g/mol. The normalized spacial score (nSPS) is 14.7. The number of rotatable bonds is 10. The number of sulfonamides is 1. The van der Waals surface area contributed by atoms with Crippen LogP contribution in [0, 0.1) is 20.8 Å². The number of carbonyl (C=O) groups excluding carboxylic acids is 2. The maximum Gasteiger partial charge on any atom is 0.264 e. The fourth-order valence-corrected chi connectivity index (χ4v) is 6.74. The van der Waals surface area contributed by atoms with Crippen molar-refractivity contribution in [3.05, 3.63) is 95.1 Å². The molecule has 3 aromatic rings. The van der Waals surface area contributed by atoms with Gasteiger partial charge in [0.25, 0.3) is 10.0 Å². The van der Waals surface area contributed by atoms with Crippen LogP contribution in [-0.2, 0) is 26.2 Å². The van der Waals surface area contributed by atoms with Crippen LogP contribution in [0.3, 0.4) is 0 Å². The number of hydrogen-bond acceptors (Lipinski definition) is 4. The van der Waals surface area contributed by atoms with E-state index in [-0.39, 0.29) is 23.4 Å². The van der Waals surface area contributed by atoms with Gasteiger partial charge in [0.2, 0.25) is 11.8 Å². The van der Waals surface area contributed by atoms with E-state index in [0.717, 1.165) is 47.9 Å². The molecule has 7 nitrogen and oxygen atoms in total. The van der Waals surface area contributed by atoms with E-state index in [2.05, 4.69) is 5.32 Å². The minimum absolute atomic E-state index is 0.0979. The first-order chi connectivity index (χ1) is 19.6. The van der Waals surface area contributed by atoms with Crippen LogP contribution < -0.4 is 9.62 Å². The predicted octanol–water partition coefficient (Wildman–Crippen LogP) is 5.67. The van der Waals surface area contributed by atoms with Crippen molar-refractivity contribution < 1.29 is 18.0 Å². The lowest BCUT2D eigenvalue weighted by molar-refractivity contribution is -0.139. The summed E-state index contributed by atoms with van der Waals surface area (Å²) in [6.07, 6.45) is 5.19. The van der Waals surface area contributed by atoms with Crippen molar-refractivity contribution in [1.82, 2.24) is 10.2 Å². The fourth-order valence-electron chi connectivity index (χ4n) is 5.27.